The fraction of sp³-hybridized carbons (Fsp3) is 0.490. The number of amides is 4. The first-order valence-corrected chi connectivity index (χ1v) is 23.7. The van der Waals surface area contributed by atoms with Crippen molar-refractivity contribution in [3.63, 3.8) is 0 Å². The molecule has 1 saturated heterocycles. The second kappa shape index (κ2) is 20.1. The Morgan fingerprint density at radius 1 is 0.985 bits per heavy atom. The zero-order valence-corrected chi connectivity index (χ0v) is 40.5. The summed E-state index contributed by atoms with van der Waals surface area (Å²) in [6.45, 7) is 17.8. The van der Waals surface area contributed by atoms with Crippen LogP contribution >= 0.6 is 22.9 Å². The third kappa shape index (κ3) is 11.2. The van der Waals surface area contributed by atoms with Crippen LogP contribution in [0.15, 0.2) is 72.2 Å². The third-order valence-corrected chi connectivity index (χ3v) is 14.4. The molecule has 1 aliphatic carbocycles. The van der Waals surface area contributed by atoms with Crippen LogP contribution < -0.4 is 20.7 Å². The van der Waals surface area contributed by atoms with Gasteiger partial charge < -0.3 is 30.7 Å². The molecule has 346 valence electrons. The Morgan fingerprint density at radius 2 is 1.66 bits per heavy atom. The lowest BCUT2D eigenvalue weighted by molar-refractivity contribution is -0.164. The van der Waals surface area contributed by atoms with E-state index in [4.69, 9.17) is 16.3 Å². The molecule has 4 aromatic rings. The molecule has 65 heavy (non-hydrogen) atoms. The maximum Gasteiger partial charge on any atom is 0.251 e. The Balaban J connectivity index is 0.946. The van der Waals surface area contributed by atoms with Crippen LogP contribution in [0.25, 0.3) is 10.4 Å². The fourth-order valence-electron chi connectivity index (χ4n) is 9.67. The first kappa shape index (κ1) is 49.2. The van der Waals surface area contributed by atoms with Gasteiger partial charge in [-0.15, -0.1) is 11.3 Å². The summed E-state index contributed by atoms with van der Waals surface area (Å²) in [5.41, 5.74) is 5.37. The summed E-state index contributed by atoms with van der Waals surface area (Å²) < 4.78 is 6.36. The molecule has 0 unspecified atom stereocenters. The van der Waals surface area contributed by atoms with Crippen LogP contribution in [0.5, 0.6) is 5.75 Å². The van der Waals surface area contributed by atoms with Gasteiger partial charge >= 0.3 is 0 Å². The third-order valence-electron chi connectivity index (χ3n) is 13.1. The number of nitriles is 1. The molecule has 0 radical (unpaired) electrons. The van der Waals surface area contributed by atoms with E-state index >= 15 is 0 Å². The Bertz CT molecular complexity index is 2390. The Labute approximate surface area is 392 Å². The van der Waals surface area contributed by atoms with Crippen molar-refractivity contribution < 1.29 is 29.0 Å². The molecule has 2 heterocycles. The molecule has 12 nitrogen and oxygen atoms in total. The van der Waals surface area contributed by atoms with Crippen LogP contribution in [0.2, 0.25) is 5.02 Å². The SMILES string of the molecule is Cc1ncsc1-c1ccc([C@H](C)NC(=O)[C@@H]2C[C@@H](O)CN2C(=O)[C@@H](NC(=O)CCCCCc2ccc(C(=O)N[C@H]3C(C)(C)[C@H](Oc4ccc(C#N)c(Cl)c4)C3(C)C)cc2)C(C)(C)C)cc1. The van der Waals surface area contributed by atoms with E-state index in [0.717, 1.165) is 46.5 Å². The first-order chi connectivity index (χ1) is 30.6. The monoisotopic (exact) mass is 922 g/mol. The second-order valence-corrected chi connectivity index (χ2v) is 21.2. The highest BCUT2D eigenvalue weighted by atomic mass is 35.5. The zero-order chi connectivity index (χ0) is 47.4. The number of carbonyl (C=O) groups excluding carboxylic acids is 4. The highest BCUT2D eigenvalue weighted by molar-refractivity contribution is 7.13. The number of carbonyl (C=O) groups is 4. The molecule has 4 atom stereocenters. The van der Waals surface area contributed by atoms with Gasteiger partial charge in [0.2, 0.25) is 17.7 Å². The van der Waals surface area contributed by atoms with Crippen LogP contribution in [-0.4, -0.2) is 75.5 Å². The molecule has 14 heteroatoms. The molecular formula is C51H63ClN6O6S. The van der Waals surface area contributed by atoms with Crippen molar-refractivity contribution in [1.82, 2.24) is 25.8 Å². The number of aliphatic hydroxyl groups is 1. The van der Waals surface area contributed by atoms with Crippen LogP contribution in [0, 0.1) is 34.5 Å². The number of β-amino-alcohol motifs (C(OH)–C–C–N with tert-alkyl or cyclic N) is 1. The standard InChI is InChI=1S/C51H63ClN6O6S/c1-30(33-19-21-34(22-20-33)42-31(2)54-29-65-42)55-45(62)40-25-37(59)28-58(40)46(63)43(49(3,4)5)56-41(60)14-12-10-11-13-32-15-17-35(18-16-32)44(61)57-47-50(6,7)48(51(47,8)9)64-38-24-23-36(27-53)39(52)26-38/h15-24,26,29-30,37,40,43,47-48,59H,10-14,25,28H2,1-9H3,(H,55,62)(H,56,60)(H,57,61)/t30-,37+,40-,43+,47-,48-/m0/s1. The van der Waals surface area contributed by atoms with E-state index in [0.29, 0.717) is 28.3 Å². The number of ether oxygens (including phenoxy) is 1. The summed E-state index contributed by atoms with van der Waals surface area (Å²) in [6, 6.07) is 20.4. The van der Waals surface area contributed by atoms with Gasteiger partial charge in [0.25, 0.3) is 5.91 Å². The molecule has 0 spiro atoms. The van der Waals surface area contributed by atoms with Gasteiger partial charge in [-0.05, 0) is 79.5 Å². The number of thiazole rings is 1. The highest BCUT2D eigenvalue weighted by Gasteiger charge is 2.64. The van der Waals surface area contributed by atoms with Crippen molar-refractivity contribution in [1.29, 1.82) is 5.26 Å². The number of hydrogen-bond acceptors (Lipinski definition) is 9. The molecule has 1 aliphatic heterocycles. The summed E-state index contributed by atoms with van der Waals surface area (Å²) >= 11 is 7.82. The van der Waals surface area contributed by atoms with E-state index in [1.807, 2.05) is 88.7 Å². The number of halogens is 1. The molecule has 0 bridgehead atoms. The number of rotatable bonds is 16. The van der Waals surface area contributed by atoms with E-state index < -0.39 is 23.6 Å². The summed E-state index contributed by atoms with van der Waals surface area (Å²) in [5.74, 6) is -0.559. The molecule has 3 aromatic carbocycles. The fourth-order valence-corrected chi connectivity index (χ4v) is 10.7. The molecule has 6 rings (SSSR count). The number of nitrogens with one attached hydrogen (secondary N) is 3. The molecule has 2 aliphatic rings. The molecule has 4 amide bonds. The number of aryl methyl sites for hydroxylation is 2. The van der Waals surface area contributed by atoms with E-state index in [-0.39, 0.29) is 72.0 Å². The smallest absolute Gasteiger partial charge is 0.251 e. The summed E-state index contributed by atoms with van der Waals surface area (Å²) in [6.07, 6.45) is 2.33. The number of hydrogen-bond donors (Lipinski definition) is 4. The lowest BCUT2D eigenvalue weighted by Gasteiger charge is -2.63. The van der Waals surface area contributed by atoms with Crippen LogP contribution in [0.1, 0.15) is 126 Å². The van der Waals surface area contributed by atoms with Gasteiger partial charge in [0.05, 0.1) is 38.8 Å². The zero-order valence-electron chi connectivity index (χ0n) is 39.0. The molecule has 1 aromatic heterocycles. The first-order valence-electron chi connectivity index (χ1n) is 22.5. The average molecular weight is 924 g/mol. The predicted octanol–water partition coefficient (Wildman–Crippen LogP) is 8.73. The number of unbranched alkanes of at least 4 members (excludes halogenated alkanes) is 2. The number of nitrogens with zero attached hydrogens (tertiary/aromatic N) is 3. The van der Waals surface area contributed by atoms with Gasteiger partial charge in [0.1, 0.15) is 30.0 Å². The lowest BCUT2D eigenvalue weighted by atomic mass is 9.49. The summed E-state index contributed by atoms with van der Waals surface area (Å²) in [7, 11) is 0. The molecule has 2 fully saturated rings. The minimum atomic E-state index is -0.892. The molecular weight excluding hydrogens is 860 g/mol. The van der Waals surface area contributed by atoms with E-state index in [9.17, 15) is 29.5 Å². The van der Waals surface area contributed by atoms with Crippen molar-refractivity contribution in [2.75, 3.05) is 6.54 Å². The van der Waals surface area contributed by atoms with Gasteiger partial charge in [0.15, 0.2) is 0 Å². The largest absolute Gasteiger partial charge is 0.489 e. The van der Waals surface area contributed by atoms with Crippen molar-refractivity contribution in [3.05, 3.63) is 105 Å². The lowest BCUT2D eigenvalue weighted by Crippen LogP contribution is -2.74. The molecule has 1 saturated carbocycles. The number of aliphatic hydroxyl groups excluding tert-OH is 1. The van der Waals surface area contributed by atoms with Crippen molar-refractivity contribution in [2.24, 2.45) is 16.2 Å². The van der Waals surface area contributed by atoms with Gasteiger partial charge in [-0.1, -0.05) is 103 Å². The number of benzene rings is 3. The number of likely N-dealkylation sites (tertiary alicyclic amines) is 1. The molecule has 4 N–H and O–H groups in total. The van der Waals surface area contributed by atoms with E-state index in [2.05, 4.69) is 54.7 Å². The Morgan fingerprint density at radius 3 is 2.26 bits per heavy atom. The van der Waals surface area contributed by atoms with Gasteiger partial charge in [-0.2, -0.15) is 5.26 Å². The number of aromatic nitrogens is 1. The van der Waals surface area contributed by atoms with E-state index in [1.165, 1.54) is 4.90 Å². The van der Waals surface area contributed by atoms with Crippen molar-refractivity contribution in [2.45, 2.75) is 137 Å². The van der Waals surface area contributed by atoms with Crippen molar-refractivity contribution in [3.8, 4) is 22.3 Å². The minimum Gasteiger partial charge on any atom is -0.489 e. The quantitative estimate of drug-likeness (QED) is 0.0808. The Hall–Kier alpha value is -5.29. The van der Waals surface area contributed by atoms with Gasteiger partial charge in [-0.25, -0.2) is 4.98 Å². The average Bonchev–Trinajstić information content (AvgIpc) is 3.88. The van der Waals surface area contributed by atoms with Crippen LogP contribution in [0.4, 0.5) is 0 Å². The van der Waals surface area contributed by atoms with Crippen LogP contribution in [-0.2, 0) is 20.8 Å². The van der Waals surface area contributed by atoms with Crippen LogP contribution in [0.3, 0.4) is 0 Å². The van der Waals surface area contributed by atoms with Gasteiger partial charge in [0, 0.05) is 47.9 Å². The van der Waals surface area contributed by atoms with Gasteiger partial charge in [-0.3, -0.25) is 19.2 Å². The predicted molar refractivity (Wildman–Crippen MR) is 254 cm³/mol. The maximum atomic E-state index is 14.1. The maximum absolute atomic E-state index is 14.1. The minimum absolute atomic E-state index is 0.00735. The second-order valence-electron chi connectivity index (χ2n) is 19.9. The van der Waals surface area contributed by atoms with Crippen molar-refractivity contribution >= 4 is 46.6 Å². The highest BCUT2D eigenvalue weighted by Crippen LogP contribution is 2.55. The summed E-state index contributed by atoms with van der Waals surface area (Å²) in [5, 5.41) is 29.5. The Kier molecular flexibility index (Phi) is 15.2. The van der Waals surface area contributed by atoms with E-state index in [1.54, 1.807) is 29.5 Å². The summed E-state index contributed by atoms with van der Waals surface area (Å²) in [4.78, 5) is 61.4. The topological polar surface area (TPSA) is 174 Å². The normalized spacial score (nSPS) is 20.7.